The van der Waals surface area contributed by atoms with Crippen molar-refractivity contribution in [2.45, 2.75) is 19.3 Å². The summed E-state index contributed by atoms with van der Waals surface area (Å²) in [5.74, 6) is 0.530. The highest BCUT2D eigenvalue weighted by atomic mass is 16.5. The smallest absolute Gasteiger partial charge is 0.319 e. The maximum atomic E-state index is 12.3. The highest BCUT2D eigenvalue weighted by Gasteiger charge is 2.22. The van der Waals surface area contributed by atoms with Crippen LogP contribution in [-0.2, 0) is 11.2 Å². The Hall–Kier alpha value is -2.37. The fraction of sp³-hybridized carbons (Fsp3) is 0.435. The third-order valence-corrected chi connectivity index (χ3v) is 5.80. The van der Waals surface area contributed by atoms with E-state index in [4.69, 9.17) is 4.74 Å². The number of likely N-dealkylation sites (tertiary alicyclic amines) is 1. The maximum absolute atomic E-state index is 12.3. The molecule has 1 aliphatic carbocycles. The second kappa shape index (κ2) is 8.76. The van der Waals surface area contributed by atoms with E-state index in [1.807, 2.05) is 6.07 Å². The number of benzene rings is 2. The van der Waals surface area contributed by atoms with Gasteiger partial charge in [-0.2, -0.15) is 0 Å². The molecule has 1 unspecified atom stereocenters. The van der Waals surface area contributed by atoms with E-state index in [0.29, 0.717) is 5.92 Å². The van der Waals surface area contributed by atoms with Crippen LogP contribution in [-0.4, -0.2) is 50.8 Å². The summed E-state index contributed by atoms with van der Waals surface area (Å²) >= 11 is 0. The number of nitrogens with one attached hydrogen (secondary N) is 2. The quantitative estimate of drug-likeness (QED) is 0.615. The summed E-state index contributed by atoms with van der Waals surface area (Å²) < 4.78 is 5.12. The molecule has 0 bridgehead atoms. The zero-order valence-electron chi connectivity index (χ0n) is 16.5. The van der Waals surface area contributed by atoms with Gasteiger partial charge in [-0.15, -0.1) is 0 Å². The topological polar surface area (TPSA) is 53.6 Å². The Morgan fingerprint density at radius 2 is 2.04 bits per heavy atom. The number of urea groups is 1. The first-order valence-electron chi connectivity index (χ1n) is 10.2. The molecule has 2 N–H and O–H groups in total. The molecule has 2 amide bonds. The molecule has 2 aromatic carbocycles. The van der Waals surface area contributed by atoms with Crippen molar-refractivity contribution in [1.82, 2.24) is 10.2 Å². The number of carbonyl (C=O) groups is 1. The van der Waals surface area contributed by atoms with E-state index in [-0.39, 0.29) is 6.03 Å². The summed E-state index contributed by atoms with van der Waals surface area (Å²) in [6.45, 7) is 4.79. The number of anilines is 1. The fourth-order valence-corrected chi connectivity index (χ4v) is 4.35. The molecule has 2 aromatic rings. The van der Waals surface area contributed by atoms with E-state index in [2.05, 4.69) is 51.9 Å². The van der Waals surface area contributed by atoms with E-state index in [0.717, 1.165) is 57.7 Å². The van der Waals surface area contributed by atoms with Crippen molar-refractivity contribution in [2.75, 3.05) is 45.2 Å². The van der Waals surface area contributed by atoms with Crippen LogP contribution >= 0.6 is 0 Å². The molecule has 1 heterocycles. The van der Waals surface area contributed by atoms with Crippen LogP contribution in [0, 0.1) is 5.92 Å². The van der Waals surface area contributed by atoms with Crippen LogP contribution in [0.1, 0.15) is 24.0 Å². The first-order valence-corrected chi connectivity index (χ1v) is 10.2. The minimum absolute atomic E-state index is 0.117. The number of nitrogens with zero attached hydrogens (tertiary/aromatic N) is 1. The van der Waals surface area contributed by atoms with Gasteiger partial charge in [-0.05, 0) is 66.1 Å². The third kappa shape index (κ3) is 4.37. The lowest BCUT2D eigenvalue weighted by Crippen LogP contribution is -2.34. The second-order valence-electron chi connectivity index (χ2n) is 7.84. The summed E-state index contributed by atoms with van der Waals surface area (Å²) in [5, 5.41) is 6.04. The number of ether oxygens (including phenoxy) is 1. The lowest BCUT2D eigenvalue weighted by atomic mass is 10.1. The van der Waals surface area contributed by atoms with Crippen molar-refractivity contribution in [3.8, 4) is 11.1 Å². The summed E-state index contributed by atoms with van der Waals surface area (Å²) in [6.07, 6.45) is 3.15. The van der Waals surface area contributed by atoms with Crippen LogP contribution < -0.4 is 10.6 Å². The molecule has 28 heavy (non-hydrogen) atoms. The molecular formula is C23H29N3O2. The van der Waals surface area contributed by atoms with Gasteiger partial charge in [-0.25, -0.2) is 4.79 Å². The van der Waals surface area contributed by atoms with Crippen LogP contribution in [0.25, 0.3) is 11.1 Å². The highest BCUT2D eigenvalue weighted by Crippen LogP contribution is 2.37. The van der Waals surface area contributed by atoms with E-state index in [1.54, 1.807) is 7.11 Å². The van der Waals surface area contributed by atoms with Crippen molar-refractivity contribution >= 4 is 11.7 Å². The third-order valence-electron chi connectivity index (χ3n) is 5.80. The van der Waals surface area contributed by atoms with Gasteiger partial charge in [0.1, 0.15) is 0 Å². The van der Waals surface area contributed by atoms with Crippen molar-refractivity contribution in [2.24, 2.45) is 5.92 Å². The molecule has 1 saturated heterocycles. The average Bonchev–Trinajstić information content (AvgIpc) is 3.30. The molecule has 1 fully saturated rings. The van der Waals surface area contributed by atoms with Gasteiger partial charge in [-0.1, -0.05) is 30.3 Å². The Balaban J connectivity index is 1.25. The molecule has 2 aliphatic rings. The zero-order valence-corrected chi connectivity index (χ0v) is 16.5. The van der Waals surface area contributed by atoms with Gasteiger partial charge in [-0.3, -0.25) is 0 Å². The molecule has 0 radical (unpaired) electrons. The van der Waals surface area contributed by atoms with E-state index in [1.165, 1.54) is 22.3 Å². The lowest BCUT2D eigenvalue weighted by Gasteiger charge is -2.16. The van der Waals surface area contributed by atoms with Gasteiger partial charge in [0.15, 0.2) is 0 Å². The minimum atomic E-state index is -0.117. The van der Waals surface area contributed by atoms with Crippen molar-refractivity contribution in [3.05, 3.63) is 53.6 Å². The molecule has 0 aromatic heterocycles. The fourth-order valence-electron chi connectivity index (χ4n) is 4.35. The van der Waals surface area contributed by atoms with Crippen LogP contribution in [0.15, 0.2) is 42.5 Å². The Labute approximate surface area is 167 Å². The van der Waals surface area contributed by atoms with Crippen LogP contribution in [0.3, 0.4) is 0 Å². The highest BCUT2D eigenvalue weighted by molar-refractivity contribution is 5.90. The summed E-state index contributed by atoms with van der Waals surface area (Å²) in [7, 11) is 1.75. The number of carbonyl (C=O) groups excluding carboxylic acids is 1. The molecule has 1 aliphatic heterocycles. The molecule has 148 valence electrons. The first-order chi connectivity index (χ1) is 13.7. The molecule has 0 saturated carbocycles. The van der Waals surface area contributed by atoms with Gasteiger partial charge in [0.2, 0.25) is 0 Å². The van der Waals surface area contributed by atoms with Crippen LogP contribution in [0.5, 0.6) is 0 Å². The SMILES string of the molecule is COCCCN1CCC(CNC(=O)Nc2ccc3c(c2)Cc2ccccc2-3)C1. The van der Waals surface area contributed by atoms with Crippen LogP contribution in [0.4, 0.5) is 10.5 Å². The molecular weight excluding hydrogens is 350 g/mol. The molecule has 0 spiro atoms. The number of hydrogen-bond acceptors (Lipinski definition) is 3. The van der Waals surface area contributed by atoms with E-state index < -0.39 is 0 Å². The minimum Gasteiger partial charge on any atom is -0.385 e. The Morgan fingerprint density at radius 3 is 2.93 bits per heavy atom. The van der Waals surface area contributed by atoms with Crippen LogP contribution in [0.2, 0.25) is 0 Å². The predicted molar refractivity (Wildman–Crippen MR) is 113 cm³/mol. The zero-order chi connectivity index (χ0) is 19.3. The molecule has 1 atom stereocenters. The van der Waals surface area contributed by atoms with Gasteiger partial charge in [0.05, 0.1) is 0 Å². The Bertz CT molecular complexity index is 836. The number of amides is 2. The number of rotatable bonds is 7. The summed E-state index contributed by atoms with van der Waals surface area (Å²) in [5.41, 5.74) is 6.08. The molecule has 5 nitrogen and oxygen atoms in total. The van der Waals surface area contributed by atoms with Gasteiger partial charge in [0, 0.05) is 39.0 Å². The average molecular weight is 380 g/mol. The molecule has 4 rings (SSSR count). The first kappa shape index (κ1) is 19.0. The van der Waals surface area contributed by atoms with Gasteiger partial charge < -0.3 is 20.3 Å². The normalized spacial score (nSPS) is 18.0. The van der Waals surface area contributed by atoms with Crippen molar-refractivity contribution < 1.29 is 9.53 Å². The number of fused-ring (bicyclic) bond motifs is 3. The second-order valence-corrected chi connectivity index (χ2v) is 7.84. The van der Waals surface area contributed by atoms with E-state index >= 15 is 0 Å². The number of methoxy groups -OCH3 is 1. The van der Waals surface area contributed by atoms with E-state index in [9.17, 15) is 4.79 Å². The molecule has 5 heteroatoms. The summed E-state index contributed by atoms with van der Waals surface area (Å²) in [4.78, 5) is 14.8. The van der Waals surface area contributed by atoms with Crippen molar-refractivity contribution in [1.29, 1.82) is 0 Å². The maximum Gasteiger partial charge on any atom is 0.319 e. The monoisotopic (exact) mass is 379 g/mol. The largest absolute Gasteiger partial charge is 0.385 e. The number of hydrogen-bond donors (Lipinski definition) is 2. The Morgan fingerprint density at radius 1 is 1.18 bits per heavy atom. The van der Waals surface area contributed by atoms with Crippen molar-refractivity contribution in [3.63, 3.8) is 0 Å². The predicted octanol–water partition coefficient (Wildman–Crippen LogP) is 3.74. The standard InChI is InChI=1S/C23H29N3O2/c1-28-12-4-10-26-11-9-17(16-26)15-24-23(27)25-20-7-8-22-19(14-20)13-18-5-2-3-6-21(18)22/h2-3,5-8,14,17H,4,9-13,15-16H2,1H3,(H2,24,25,27). The van der Waals surface area contributed by atoms with Gasteiger partial charge in [0.25, 0.3) is 0 Å². The Kier molecular flexibility index (Phi) is 5.93. The summed E-state index contributed by atoms with van der Waals surface area (Å²) in [6, 6.07) is 14.6. The lowest BCUT2D eigenvalue weighted by molar-refractivity contribution is 0.178. The van der Waals surface area contributed by atoms with Gasteiger partial charge >= 0.3 is 6.03 Å².